The van der Waals surface area contributed by atoms with Gasteiger partial charge in [0.1, 0.15) is 0 Å². The first-order valence-electron chi connectivity index (χ1n) is 6.60. The molecule has 0 aromatic heterocycles. The molecule has 0 amide bonds. The van der Waals surface area contributed by atoms with Crippen LogP contribution in [0.4, 0.5) is 13.2 Å². The van der Waals surface area contributed by atoms with Gasteiger partial charge in [-0.1, -0.05) is 53.7 Å². The van der Waals surface area contributed by atoms with Crippen LogP contribution in [0.1, 0.15) is 18.1 Å². The van der Waals surface area contributed by atoms with Crippen molar-refractivity contribution in [3.8, 4) is 0 Å². The lowest BCUT2D eigenvalue weighted by Gasteiger charge is -2.08. The molecule has 0 aliphatic heterocycles. The van der Waals surface area contributed by atoms with Crippen LogP contribution in [0.3, 0.4) is 0 Å². The third-order valence-electron chi connectivity index (χ3n) is 3.16. The minimum atomic E-state index is -4.27. The highest BCUT2D eigenvalue weighted by Gasteiger charge is 2.29. The summed E-state index contributed by atoms with van der Waals surface area (Å²) in [6.07, 6.45) is -2.20. The van der Waals surface area contributed by atoms with Gasteiger partial charge in [0.25, 0.3) is 0 Å². The number of rotatable bonds is 4. The first kappa shape index (κ1) is 15.6. The van der Waals surface area contributed by atoms with Crippen molar-refractivity contribution in [1.82, 2.24) is 0 Å². The minimum absolute atomic E-state index is 0.606. The maximum atomic E-state index is 12.5. The topological polar surface area (TPSA) is 0 Å². The molecule has 2 aromatic rings. The molecule has 0 aliphatic rings. The summed E-state index contributed by atoms with van der Waals surface area (Å²) in [5, 5.41) is 1.29. The fraction of sp³-hybridized carbons (Fsp3) is 0.176. The van der Waals surface area contributed by atoms with Crippen LogP contribution in [0.5, 0.6) is 0 Å². The molecule has 21 heavy (non-hydrogen) atoms. The Morgan fingerprint density at radius 3 is 2.19 bits per heavy atom. The Morgan fingerprint density at radius 2 is 1.62 bits per heavy atom. The van der Waals surface area contributed by atoms with Crippen molar-refractivity contribution >= 4 is 20.3 Å². The second kappa shape index (κ2) is 6.76. The molecule has 2 radical (unpaired) electrons. The Balaban J connectivity index is 1.99. The molecule has 0 bridgehead atoms. The number of benzene rings is 2. The lowest BCUT2D eigenvalue weighted by atomic mass is 10.1. The lowest BCUT2D eigenvalue weighted by Crippen LogP contribution is -2.11. The van der Waals surface area contributed by atoms with E-state index in [1.807, 2.05) is 25.1 Å². The molecule has 2 rings (SSSR count). The summed E-state index contributed by atoms with van der Waals surface area (Å²) >= 11 is 0. The van der Waals surface area contributed by atoms with Gasteiger partial charge in [-0.25, -0.2) is 0 Å². The van der Waals surface area contributed by atoms with E-state index in [1.165, 1.54) is 17.3 Å². The molecule has 0 heterocycles. The summed E-state index contributed by atoms with van der Waals surface area (Å²) in [5.41, 5.74) is 1.23. The van der Waals surface area contributed by atoms with Gasteiger partial charge in [0, 0.05) is 0 Å². The summed E-state index contributed by atoms with van der Waals surface area (Å²) in [5.74, 6) is 0. The molecule has 0 atom stereocenters. The molecule has 0 nitrogen and oxygen atoms in total. The Hall–Kier alpha value is -1.81. The van der Waals surface area contributed by atoms with Crippen molar-refractivity contribution in [2.75, 3.05) is 0 Å². The van der Waals surface area contributed by atoms with Crippen LogP contribution in [-0.4, -0.2) is 9.52 Å². The highest BCUT2D eigenvalue weighted by molar-refractivity contribution is 6.53. The molecule has 0 aliphatic carbocycles. The van der Waals surface area contributed by atoms with Gasteiger partial charge in [-0.2, -0.15) is 13.2 Å². The van der Waals surface area contributed by atoms with Gasteiger partial charge in [0.05, 0.1) is 15.1 Å². The molecule has 4 heteroatoms. The standard InChI is InChI=1S/C17H15F3Si/c1-13(11-12-21-16-5-3-2-4-6-16)14-7-9-15(10-8-14)17(18,19)20/h2-11H,12H2,1H3/b13-11-. The molecule has 0 N–H and O–H groups in total. The number of alkyl halides is 3. The largest absolute Gasteiger partial charge is 0.416 e. The minimum Gasteiger partial charge on any atom is -0.166 e. The average Bonchev–Trinajstić information content (AvgIpc) is 2.47. The Kier molecular flexibility index (Phi) is 5.01. The maximum absolute atomic E-state index is 12.5. The van der Waals surface area contributed by atoms with Crippen molar-refractivity contribution < 1.29 is 13.2 Å². The van der Waals surface area contributed by atoms with Gasteiger partial charge in [-0.15, -0.1) is 0 Å². The Bertz CT molecular complexity index is 598. The fourth-order valence-corrected chi connectivity index (χ4v) is 2.99. The zero-order chi connectivity index (χ0) is 15.3. The highest BCUT2D eigenvalue weighted by atomic mass is 28.2. The van der Waals surface area contributed by atoms with Crippen molar-refractivity contribution in [2.24, 2.45) is 0 Å². The van der Waals surface area contributed by atoms with Crippen LogP contribution in [-0.2, 0) is 6.18 Å². The quantitative estimate of drug-likeness (QED) is 0.727. The second-order valence-electron chi connectivity index (χ2n) is 4.71. The molecule has 0 saturated heterocycles. The second-order valence-corrected chi connectivity index (χ2v) is 6.05. The van der Waals surface area contributed by atoms with E-state index in [0.717, 1.165) is 29.3 Å². The predicted molar refractivity (Wildman–Crippen MR) is 81.7 cm³/mol. The fourth-order valence-electron chi connectivity index (χ4n) is 1.92. The summed E-state index contributed by atoms with van der Waals surface area (Å²) in [6, 6.07) is 16.4. The zero-order valence-corrected chi connectivity index (χ0v) is 12.6. The molecule has 0 spiro atoms. The number of allylic oxidation sites excluding steroid dienone is 2. The van der Waals surface area contributed by atoms with E-state index in [0.29, 0.717) is 9.52 Å². The highest BCUT2D eigenvalue weighted by Crippen LogP contribution is 2.30. The Morgan fingerprint density at radius 1 is 1.00 bits per heavy atom. The first-order valence-corrected chi connectivity index (χ1v) is 7.81. The summed E-state index contributed by atoms with van der Waals surface area (Å²) in [6.45, 7) is 1.93. The lowest BCUT2D eigenvalue weighted by molar-refractivity contribution is -0.137. The van der Waals surface area contributed by atoms with Crippen LogP contribution in [0, 0.1) is 0 Å². The van der Waals surface area contributed by atoms with E-state index < -0.39 is 11.7 Å². The molecule has 2 aromatic carbocycles. The van der Waals surface area contributed by atoms with Crippen molar-refractivity contribution in [1.29, 1.82) is 0 Å². The summed E-state index contributed by atoms with van der Waals surface area (Å²) in [7, 11) is 0.674. The van der Waals surface area contributed by atoms with Gasteiger partial charge < -0.3 is 0 Å². The monoisotopic (exact) mass is 304 g/mol. The normalized spacial score (nSPS) is 12.5. The van der Waals surface area contributed by atoms with Gasteiger partial charge in [0.15, 0.2) is 0 Å². The van der Waals surface area contributed by atoms with Gasteiger partial charge in [0.2, 0.25) is 0 Å². The van der Waals surface area contributed by atoms with Crippen LogP contribution in [0.15, 0.2) is 60.7 Å². The van der Waals surface area contributed by atoms with E-state index in [2.05, 4.69) is 18.2 Å². The molecular weight excluding hydrogens is 289 g/mol. The summed E-state index contributed by atoms with van der Waals surface area (Å²) in [4.78, 5) is 0. The average molecular weight is 304 g/mol. The third-order valence-corrected chi connectivity index (χ3v) is 4.31. The van der Waals surface area contributed by atoms with Crippen molar-refractivity contribution in [2.45, 2.75) is 19.1 Å². The maximum Gasteiger partial charge on any atom is 0.416 e. The van der Waals surface area contributed by atoms with E-state index >= 15 is 0 Å². The van der Waals surface area contributed by atoms with E-state index in [9.17, 15) is 13.2 Å². The van der Waals surface area contributed by atoms with Gasteiger partial charge >= 0.3 is 6.18 Å². The molecular formula is C17H15F3Si. The van der Waals surface area contributed by atoms with E-state index in [4.69, 9.17) is 0 Å². The van der Waals surface area contributed by atoms with Crippen LogP contribution in [0.25, 0.3) is 5.57 Å². The van der Waals surface area contributed by atoms with Crippen molar-refractivity contribution in [3.63, 3.8) is 0 Å². The summed E-state index contributed by atoms with van der Waals surface area (Å²) < 4.78 is 37.5. The van der Waals surface area contributed by atoms with Gasteiger partial charge in [-0.3, -0.25) is 0 Å². The SMILES string of the molecule is C/C(=C/C[Si]c1ccccc1)c1ccc(C(F)(F)F)cc1. The van der Waals surface area contributed by atoms with Crippen LogP contribution < -0.4 is 5.19 Å². The zero-order valence-electron chi connectivity index (χ0n) is 11.6. The van der Waals surface area contributed by atoms with Gasteiger partial charge in [-0.05, 0) is 36.2 Å². The molecule has 0 fully saturated rings. The van der Waals surface area contributed by atoms with Crippen LogP contribution >= 0.6 is 0 Å². The predicted octanol–water partition coefficient (Wildman–Crippen LogP) is 4.56. The Labute approximate surface area is 125 Å². The van der Waals surface area contributed by atoms with E-state index in [-0.39, 0.29) is 0 Å². The molecule has 108 valence electrons. The smallest absolute Gasteiger partial charge is 0.166 e. The van der Waals surface area contributed by atoms with Crippen LogP contribution in [0.2, 0.25) is 6.04 Å². The number of hydrogen-bond donors (Lipinski definition) is 0. The first-order chi connectivity index (χ1) is 9.97. The molecule has 0 saturated carbocycles. The third kappa shape index (κ3) is 4.60. The van der Waals surface area contributed by atoms with Crippen molar-refractivity contribution in [3.05, 3.63) is 71.8 Å². The van der Waals surface area contributed by atoms with E-state index in [1.54, 1.807) is 0 Å². The number of halogens is 3. The number of hydrogen-bond acceptors (Lipinski definition) is 0. The molecule has 0 unspecified atom stereocenters.